The maximum atomic E-state index is 6.58. The molecule has 5 nitrogen and oxygen atoms in total. The molecule has 0 bridgehead atoms. The Balaban J connectivity index is 1.67. The molecular weight excluding hydrogens is 464 g/mol. The molecule has 2 aromatic carbocycles. The summed E-state index contributed by atoms with van der Waals surface area (Å²) in [6.45, 7) is 12.8. The first-order chi connectivity index (χ1) is 17.1. The van der Waals surface area contributed by atoms with Gasteiger partial charge in [0.25, 0.3) is 0 Å². The number of hydrogen-bond acceptors (Lipinski definition) is 4. The predicted octanol–water partition coefficient (Wildman–Crippen LogP) is 7.43. The van der Waals surface area contributed by atoms with Gasteiger partial charge in [0.2, 0.25) is 0 Å². The van der Waals surface area contributed by atoms with Gasteiger partial charge in [0, 0.05) is 41.0 Å². The van der Waals surface area contributed by atoms with Crippen molar-refractivity contribution in [2.75, 3.05) is 14.2 Å². The molecule has 0 N–H and O–H groups in total. The third kappa shape index (κ3) is 5.25. The van der Waals surface area contributed by atoms with E-state index in [0.717, 1.165) is 36.3 Å². The van der Waals surface area contributed by atoms with Crippen LogP contribution < -0.4 is 9.47 Å². The molecule has 1 aliphatic rings. The van der Waals surface area contributed by atoms with Crippen molar-refractivity contribution >= 4 is 24.9 Å². The van der Waals surface area contributed by atoms with Gasteiger partial charge in [-0.2, -0.15) is 0 Å². The van der Waals surface area contributed by atoms with Crippen LogP contribution in [0.2, 0.25) is 18.1 Å². The Kier molecular flexibility index (Phi) is 7.67. The first kappa shape index (κ1) is 26.5. The normalized spacial score (nSPS) is 15.7. The summed E-state index contributed by atoms with van der Waals surface area (Å²) in [5.74, 6) is 1.61. The number of hydrogen-bond donors (Lipinski definition) is 0. The zero-order valence-electron chi connectivity index (χ0n) is 23.3. The molecule has 0 aliphatic heterocycles. The van der Waals surface area contributed by atoms with Gasteiger partial charge in [-0.25, -0.2) is 0 Å². The lowest BCUT2D eigenvalue weighted by molar-refractivity contribution is 0.269. The fourth-order valence-corrected chi connectivity index (χ4v) is 5.67. The van der Waals surface area contributed by atoms with Crippen LogP contribution in [-0.2, 0) is 31.0 Å². The first-order valence-electron chi connectivity index (χ1n) is 13.0. The van der Waals surface area contributed by atoms with Crippen LogP contribution in [0.5, 0.6) is 11.5 Å². The van der Waals surface area contributed by atoms with E-state index in [4.69, 9.17) is 18.9 Å². The number of fused-ring (bicyclic) bond motifs is 3. The van der Waals surface area contributed by atoms with Gasteiger partial charge in [0.15, 0.2) is 8.32 Å². The van der Waals surface area contributed by atoms with Crippen LogP contribution in [0.15, 0.2) is 41.4 Å². The van der Waals surface area contributed by atoms with Crippen LogP contribution in [0.4, 0.5) is 0 Å². The van der Waals surface area contributed by atoms with Gasteiger partial charge in [-0.05, 0) is 79.2 Å². The fourth-order valence-electron chi connectivity index (χ4n) is 4.73. The number of aliphatic imine (C=N–C) groups is 1. The molecule has 3 aromatic rings. The molecule has 1 aromatic heterocycles. The molecule has 6 heteroatoms. The van der Waals surface area contributed by atoms with E-state index in [1.807, 2.05) is 12.1 Å². The van der Waals surface area contributed by atoms with Gasteiger partial charge in [-0.3, -0.25) is 4.99 Å². The second-order valence-corrected chi connectivity index (χ2v) is 16.2. The van der Waals surface area contributed by atoms with Gasteiger partial charge in [0.05, 0.1) is 27.4 Å². The molecule has 1 aliphatic carbocycles. The summed E-state index contributed by atoms with van der Waals surface area (Å²) in [6.07, 6.45) is 4.43. The third-order valence-electron chi connectivity index (χ3n) is 8.16. The summed E-state index contributed by atoms with van der Waals surface area (Å²) in [4.78, 5) is 5.12. The number of nitrogens with zero attached hydrogens (tertiary/aromatic N) is 2. The van der Waals surface area contributed by atoms with Gasteiger partial charge in [-0.1, -0.05) is 26.8 Å². The molecule has 0 unspecified atom stereocenters. The topological polar surface area (TPSA) is 45.0 Å². The van der Waals surface area contributed by atoms with Crippen LogP contribution in [-0.4, -0.2) is 32.8 Å². The van der Waals surface area contributed by atoms with Crippen molar-refractivity contribution in [2.24, 2.45) is 12.0 Å². The highest BCUT2D eigenvalue weighted by Gasteiger charge is 2.37. The molecule has 36 heavy (non-hydrogen) atoms. The van der Waals surface area contributed by atoms with Crippen LogP contribution in [0.1, 0.15) is 62.4 Å². The van der Waals surface area contributed by atoms with Gasteiger partial charge < -0.3 is 18.5 Å². The minimum Gasteiger partial charge on any atom is -0.497 e. The summed E-state index contributed by atoms with van der Waals surface area (Å²) >= 11 is 0. The van der Waals surface area contributed by atoms with E-state index in [1.165, 1.54) is 39.9 Å². The summed E-state index contributed by atoms with van der Waals surface area (Å²) in [5.41, 5.74) is 7.52. The molecule has 0 atom stereocenters. The molecule has 0 radical (unpaired) electrons. The highest BCUT2D eigenvalue weighted by molar-refractivity contribution is 6.74. The van der Waals surface area contributed by atoms with E-state index in [0.29, 0.717) is 13.2 Å². The van der Waals surface area contributed by atoms with Crippen molar-refractivity contribution in [2.45, 2.75) is 77.7 Å². The minimum absolute atomic E-state index is 0.201. The van der Waals surface area contributed by atoms with Crippen LogP contribution in [0.3, 0.4) is 0 Å². The van der Waals surface area contributed by atoms with E-state index < -0.39 is 8.32 Å². The summed E-state index contributed by atoms with van der Waals surface area (Å²) in [5, 5.41) is 1.55. The fraction of sp³-hybridized carbons (Fsp3) is 0.500. The monoisotopic (exact) mass is 506 g/mol. The Morgan fingerprint density at radius 3 is 2.42 bits per heavy atom. The Bertz CT molecular complexity index is 1270. The summed E-state index contributed by atoms with van der Waals surface area (Å²) in [7, 11) is 3.73. The van der Waals surface area contributed by atoms with Gasteiger partial charge >= 0.3 is 0 Å². The average molecular weight is 507 g/mol. The molecule has 1 heterocycles. The molecule has 0 fully saturated rings. The second kappa shape index (κ2) is 10.4. The van der Waals surface area contributed by atoms with Gasteiger partial charge in [0.1, 0.15) is 11.5 Å². The Labute approximate surface area is 217 Å². The minimum atomic E-state index is -1.81. The summed E-state index contributed by atoms with van der Waals surface area (Å²) < 4.78 is 19.8. The van der Waals surface area contributed by atoms with Crippen molar-refractivity contribution in [3.63, 3.8) is 0 Å². The summed E-state index contributed by atoms with van der Waals surface area (Å²) in [6, 6.07) is 12.9. The van der Waals surface area contributed by atoms with E-state index in [1.54, 1.807) is 14.2 Å². The van der Waals surface area contributed by atoms with Crippen molar-refractivity contribution < 1.29 is 13.9 Å². The maximum absolute atomic E-state index is 6.58. The number of benzene rings is 2. The first-order valence-corrected chi connectivity index (χ1v) is 16.0. The van der Waals surface area contributed by atoms with Crippen LogP contribution in [0.25, 0.3) is 10.9 Å². The highest BCUT2D eigenvalue weighted by Crippen LogP contribution is 2.38. The zero-order valence-corrected chi connectivity index (χ0v) is 24.3. The number of ether oxygens (including phenoxy) is 2. The van der Waals surface area contributed by atoms with Crippen molar-refractivity contribution in [3.05, 3.63) is 58.8 Å². The standard InChI is InChI=1S/C30H42N2O3Si/c1-30(2,3)36(7,8)35-20-22-17-26-24-11-9-10-12-27(25(24)15-16-28(26)32(22)4)31-19-21-13-14-23(33-5)18-29(21)34-6/h13-18H,9-12,19-20H2,1-8H3/b31-27-. The maximum Gasteiger partial charge on any atom is 0.192 e. The molecule has 0 saturated heterocycles. The molecule has 194 valence electrons. The number of rotatable bonds is 7. The molecular formula is C30H42N2O3Si. The molecule has 0 spiro atoms. The van der Waals surface area contributed by atoms with Crippen LogP contribution >= 0.6 is 0 Å². The molecule has 0 amide bonds. The Hall–Kier alpha value is -2.57. The average Bonchev–Trinajstić information content (AvgIpc) is 3.02. The smallest absolute Gasteiger partial charge is 0.192 e. The second-order valence-electron chi connectivity index (χ2n) is 11.4. The lowest BCUT2D eigenvalue weighted by Crippen LogP contribution is -2.40. The van der Waals surface area contributed by atoms with E-state index >= 15 is 0 Å². The van der Waals surface area contributed by atoms with Crippen molar-refractivity contribution in [3.8, 4) is 11.5 Å². The van der Waals surface area contributed by atoms with Gasteiger partial charge in [-0.15, -0.1) is 0 Å². The van der Waals surface area contributed by atoms with E-state index in [-0.39, 0.29) is 5.04 Å². The number of aryl methyl sites for hydroxylation is 2. The lowest BCUT2D eigenvalue weighted by atomic mass is 9.97. The molecule has 4 rings (SSSR count). The van der Waals surface area contributed by atoms with E-state index in [9.17, 15) is 0 Å². The third-order valence-corrected chi connectivity index (χ3v) is 12.6. The quantitative estimate of drug-likeness (QED) is 0.247. The van der Waals surface area contributed by atoms with Crippen LogP contribution in [0, 0.1) is 0 Å². The van der Waals surface area contributed by atoms with Crippen molar-refractivity contribution in [1.82, 2.24) is 4.57 Å². The predicted molar refractivity (Wildman–Crippen MR) is 152 cm³/mol. The largest absolute Gasteiger partial charge is 0.497 e. The Morgan fingerprint density at radius 2 is 1.72 bits per heavy atom. The number of aromatic nitrogens is 1. The van der Waals surface area contributed by atoms with Crippen molar-refractivity contribution in [1.29, 1.82) is 0 Å². The highest BCUT2D eigenvalue weighted by atomic mass is 28.4. The SMILES string of the molecule is COc1ccc(C/N=C2/CCCCc3c2ccc2c3cc(CO[Si](C)(C)C(C)(C)C)n2C)c(OC)c1. The number of methoxy groups -OCH3 is 2. The Morgan fingerprint density at radius 1 is 0.972 bits per heavy atom. The van der Waals surface area contributed by atoms with E-state index in [2.05, 4.69) is 69.7 Å². The lowest BCUT2D eigenvalue weighted by Gasteiger charge is -2.36. The zero-order chi connectivity index (χ0) is 26.1. The molecule has 0 saturated carbocycles.